The van der Waals surface area contributed by atoms with Crippen molar-refractivity contribution in [2.45, 2.75) is 50.3 Å². The van der Waals surface area contributed by atoms with Gasteiger partial charge in [0.2, 0.25) is 0 Å². The Balaban J connectivity index is 1.46. The zero-order chi connectivity index (χ0) is 14.4. The maximum atomic E-state index is 9.86. The van der Waals surface area contributed by atoms with Crippen molar-refractivity contribution < 1.29 is 5.11 Å². The van der Waals surface area contributed by atoms with E-state index in [0.717, 1.165) is 48.4 Å². The third kappa shape index (κ3) is 2.40. The number of nitrogen functional groups attached to an aromatic ring is 1. The van der Waals surface area contributed by atoms with Gasteiger partial charge in [-0.25, -0.2) is 4.98 Å². The minimum Gasteiger partial charge on any atom is -0.399 e. The number of imidazole rings is 1. The predicted molar refractivity (Wildman–Crippen MR) is 83.0 cm³/mol. The van der Waals surface area contributed by atoms with Crippen LogP contribution in [-0.4, -0.2) is 44.7 Å². The summed E-state index contributed by atoms with van der Waals surface area (Å²) < 4.78 is 0. The molecule has 0 aliphatic carbocycles. The third-order valence-corrected chi connectivity index (χ3v) is 5.02. The van der Waals surface area contributed by atoms with Crippen molar-refractivity contribution in [3.8, 4) is 0 Å². The van der Waals surface area contributed by atoms with Gasteiger partial charge in [0.05, 0.1) is 17.1 Å². The number of H-pyrrole nitrogens is 1. The fourth-order valence-electron chi connectivity index (χ4n) is 4.04. The summed E-state index contributed by atoms with van der Waals surface area (Å²) in [7, 11) is 0. The Bertz CT molecular complexity index is 639. The molecule has 2 fully saturated rings. The van der Waals surface area contributed by atoms with Crippen molar-refractivity contribution in [2.24, 2.45) is 0 Å². The van der Waals surface area contributed by atoms with Gasteiger partial charge in [0.1, 0.15) is 5.82 Å². The fraction of sp³-hybridized carbons (Fsp3) is 0.562. The summed E-state index contributed by atoms with van der Waals surface area (Å²) >= 11 is 0. The molecule has 0 amide bonds. The zero-order valence-electron chi connectivity index (χ0n) is 12.1. The minimum absolute atomic E-state index is 0.0899. The van der Waals surface area contributed by atoms with Crippen LogP contribution in [0.5, 0.6) is 0 Å². The van der Waals surface area contributed by atoms with E-state index in [-0.39, 0.29) is 6.10 Å². The van der Waals surface area contributed by atoms with Crippen LogP contribution in [-0.2, 0) is 6.42 Å². The molecule has 1 aromatic heterocycles. The standard InChI is InChI=1S/C16H22N4O/c17-10-1-4-14-15(7-10)19-16(18-14)5-6-20-11-2-3-12(20)9-13(21)8-11/h1,4,7,11-13,21H,2-3,5-6,8-9,17H2,(H,18,19). The van der Waals surface area contributed by atoms with E-state index in [2.05, 4.69) is 14.9 Å². The van der Waals surface area contributed by atoms with Crippen LogP contribution in [0.15, 0.2) is 18.2 Å². The Hall–Kier alpha value is -1.59. The Kier molecular flexibility index (Phi) is 3.12. The first kappa shape index (κ1) is 13.1. The molecule has 5 heteroatoms. The van der Waals surface area contributed by atoms with Gasteiger partial charge in [-0.15, -0.1) is 0 Å². The van der Waals surface area contributed by atoms with Crippen molar-refractivity contribution >= 4 is 16.7 Å². The molecule has 4 rings (SSSR count). The maximum Gasteiger partial charge on any atom is 0.108 e. The number of fused-ring (bicyclic) bond motifs is 3. The third-order valence-electron chi connectivity index (χ3n) is 5.02. The van der Waals surface area contributed by atoms with Crippen LogP contribution >= 0.6 is 0 Å². The fourth-order valence-corrected chi connectivity index (χ4v) is 4.04. The number of aromatic amines is 1. The predicted octanol–water partition coefficient (Wildman–Crippen LogP) is 1.68. The van der Waals surface area contributed by atoms with Crippen LogP contribution in [0.4, 0.5) is 5.69 Å². The monoisotopic (exact) mass is 286 g/mol. The molecule has 2 atom stereocenters. The SMILES string of the molecule is Nc1ccc2nc(CCN3C4CCC3CC(O)C4)[nH]c2c1. The molecule has 2 saturated heterocycles. The van der Waals surface area contributed by atoms with E-state index in [4.69, 9.17) is 5.73 Å². The van der Waals surface area contributed by atoms with Gasteiger partial charge in [0, 0.05) is 30.7 Å². The molecule has 0 saturated carbocycles. The van der Waals surface area contributed by atoms with Crippen molar-refractivity contribution in [1.29, 1.82) is 0 Å². The van der Waals surface area contributed by atoms with Gasteiger partial charge in [0.15, 0.2) is 0 Å². The second-order valence-corrected chi connectivity index (χ2v) is 6.46. The minimum atomic E-state index is -0.0899. The smallest absolute Gasteiger partial charge is 0.108 e. The molecule has 2 aromatic rings. The Labute approximate surface area is 124 Å². The van der Waals surface area contributed by atoms with Gasteiger partial charge in [0.25, 0.3) is 0 Å². The number of nitrogens with zero attached hydrogens (tertiary/aromatic N) is 2. The highest BCUT2D eigenvalue weighted by Crippen LogP contribution is 2.35. The maximum absolute atomic E-state index is 9.86. The molecule has 21 heavy (non-hydrogen) atoms. The van der Waals surface area contributed by atoms with Gasteiger partial charge in [-0.1, -0.05) is 0 Å². The highest BCUT2D eigenvalue weighted by atomic mass is 16.3. The van der Waals surface area contributed by atoms with Crippen molar-refractivity contribution in [2.75, 3.05) is 12.3 Å². The molecule has 0 radical (unpaired) electrons. The molecule has 2 unspecified atom stereocenters. The molecule has 3 heterocycles. The highest BCUT2D eigenvalue weighted by molar-refractivity contribution is 5.78. The van der Waals surface area contributed by atoms with Crippen LogP contribution in [0.1, 0.15) is 31.5 Å². The van der Waals surface area contributed by atoms with E-state index in [1.54, 1.807) is 0 Å². The largest absolute Gasteiger partial charge is 0.399 e. The molecule has 5 nitrogen and oxygen atoms in total. The van der Waals surface area contributed by atoms with Crippen molar-refractivity contribution in [3.05, 3.63) is 24.0 Å². The number of nitrogens with one attached hydrogen (secondary N) is 1. The number of nitrogens with two attached hydrogens (primary N) is 1. The van der Waals surface area contributed by atoms with E-state index in [0.29, 0.717) is 12.1 Å². The number of aliphatic hydroxyl groups excluding tert-OH is 1. The second-order valence-electron chi connectivity index (χ2n) is 6.46. The molecular formula is C16H22N4O. The van der Waals surface area contributed by atoms with Gasteiger partial charge in [-0.05, 0) is 43.9 Å². The normalized spacial score (nSPS) is 29.3. The van der Waals surface area contributed by atoms with E-state index < -0.39 is 0 Å². The molecule has 2 bridgehead atoms. The number of benzene rings is 1. The first-order valence-electron chi connectivity index (χ1n) is 7.87. The van der Waals surface area contributed by atoms with Crippen LogP contribution < -0.4 is 5.73 Å². The number of anilines is 1. The summed E-state index contributed by atoms with van der Waals surface area (Å²) in [6.07, 6.45) is 5.18. The number of aromatic nitrogens is 2. The van der Waals surface area contributed by atoms with Crippen molar-refractivity contribution in [3.63, 3.8) is 0 Å². The first-order valence-corrected chi connectivity index (χ1v) is 7.87. The summed E-state index contributed by atoms with van der Waals surface area (Å²) in [4.78, 5) is 10.6. The lowest BCUT2D eigenvalue weighted by atomic mass is 10.00. The lowest BCUT2D eigenvalue weighted by Crippen LogP contribution is -2.45. The summed E-state index contributed by atoms with van der Waals surface area (Å²) in [5.41, 5.74) is 8.56. The van der Waals surface area contributed by atoms with E-state index in [1.807, 2.05) is 18.2 Å². The summed E-state index contributed by atoms with van der Waals surface area (Å²) in [5.74, 6) is 1.03. The summed E-state index contributed by atoms with van der Waals surface area (Å²) in [6, 6.07) is 6.93. The lowest BCUT2D eigenvalue weighted by molar-refractivity contribution is 0.0360. The average Bonchev–Trinajstić information content (AvgIpc) is 2.95. The van der Waals surface area contributed by atoms with Gasteiger partial charge >= 0.3 is 0 Å². The van der Waals surface area contributed by atoms with Crippen LogP contribution in [0, 0.1) is 0 Å². The number of rotatable bonds is 3. The Morgan fingerprint density at radius 2 is 2.05 bits per heavy atom. The van der Waals surface area contributed by atoms with Gasteiger partial charge < -0.3 is 15.8 Å². The number of aliphatic hydroxyl groups is 1. The number of piperidine rings is 1. The molecule has 4 N–H and O–H groups in total. The number of hydrogen-bond acceptors (Lipinski definition) is 4. The van der Waals surface area contributed by atoms with Crippen molar-refractivity contribution in [1.82, 2.24) is 14.9 Å². The lowest BCUT2D eigenvalue weighted by Gasteiger charge is -2.36. The van der Waals surface area contributed by atoms with E-state index in [1.165, 1.54) is 12.8 Å². The van der Waals surface area contributed by atoms with E-state index in [9.17, 15) is 5.11 Å². The summed E-state index contributed by atoms with van der Waals surface area (Å²) in [6.45, 7) is 1.03. The first-order chi connectivity index (χ1) is 10.2. The average molecular weight is 286 g/mol. The zero-order valence-corrected chi connectivity index (χ0v) is 12.1. The highest BCUT2D eigenvalue weighted by Gasteiger charge is 2.39. The molecular weight excluding hydrogens is 264 g/mol. The Morgan fingerprint density at radius 1 is 1.29 bits per heavy atom. The van der Waals surface area contributed by atoms with Gasteiger partial charge in [-0.3, -0.25) is 4.90 Å². The molecule has 0 spiro atoms. The molecule has 112 valence electrons. The molecule has 2 aliphatic rings. The topological polar surface area (TPSA) is 78.2 Å². The second kappa shape index (κ2) is 5.00. The quantitative estimate of drug-likeness (QED) is 0.750. The number of hydrogen-bond donors (Lipinski definition) is 3. The summed E-state index contributed by atoms with van der Waals surface area (Å²) in [5, 5.41) is 9.86. The molecule has 2 aliphatic heterocycles. The molecule has 1 aromatic carbocycles. The van der Waals surface area contributed by atoms with E-state index >= 15 is 0 Å². The Morgan fingerprint density at radius 3 is 2.81 bits per heavy atom. The van der Waals surface area contributed by atoms with Gasteiger partial charge in [-0.2, -0.15) is 0 Å². The van der Waals surface area contributed by atoms with Crippen LogP contribution in [0.2, 0.25) is 0 Å². The van der Waals surface area contributed by atoms with Crippen LogP contribution in [0.3, 0.4) is 0 Å². The van der Waals surface area contributed by atoms with Crippen LogP contribution in [0.25, 0.3) is 11.0 Å².